The van der Waals surface area contributed by atoms with E-state index >= 15 is 0 Å². The molecule has 2 heterocycles. The van der Waals surface area contributed by atoms with Crippen molar-refractivity contribution in [2.45, 2.75) is 50.9 Å². The molecule has 2 aliphatic heterocycles. The van der Waals surface area contributed by atoms with E-state index in [4.69, 9.17) is 4.74 Å². The van der Waals surface area contributed by atoms with Gasteiger partial charge < -0.3 is 9.64 Å². The molecule has 0 aromatic heterocycles. The van der Waals surface area contributed by atoms with Crippen LogP contribution in [-0.2, 0) is 37.4 Å². The molecular weight excluding hydrogens is 424 g/mol. The van der Waals surface area contributed by atoms with E-state index in [9.17, 15) is 13.8 Å². The van der Waals surface area contributed by atoms with Gasteiger partial charge in [-0.3, -0.25) is 9.10 Å². The zero-order valence-electron chi connectivity index (χ0n) is 18.8. The average Bonchev–Trinajstić information content (AvgIpc) is 2.98. The summed E-state index contributed by atoms with van der Waals surface area (Å²) in [5.41, 5.74) is 2.10. The molecule has 2 aromatic carbocycles. The summed E-state index contributed by atoms with van der Waals surface area (Å²) in [6.07, 6.45) is 1.67. The molecule has 0 bridgehead atoms. The molecule has 0 N–H and O–H groups in total. The third kappa shape index (κ3) is 3.54. The van der Waals surface area contributed by atoms with Crippen LogP contribution in [-0.4, -0.2) is 31.7 Å². The molecule has 1 amide bonds. The Morgan fingerprint density at radius 2 is 1.78 bits per heavy atom. The lowest BCUT2D eigenvalue weighted by atomic mass is 9.79. The van der Waals surface area contributed by atoms with Gasteiger partial charge in [0.15, 0.2) is 5.54 Å². The number of fused-ring (bicyclic) bond motifs is 2. The van der Waals surface area contributed by atoms with E-state index in [-0.39, 0.29) is 12.5 Å². The normalized spacial score (nSPS) is 22.1. The van der Waals surface area contributed by atoms with Crippen molar-refractivity contribution in [1.82, 2.24) is 4.31 Å². The Morgan fingerprint density at radius 1 is 1.12 bits per heavy atom. The summed E-state index contributed by atoms with van der Waals surface area (Å²) in [6.45, 7) is 8.01. The minimum atomic E-state index is -1.55. The van der Waals surface area contributed by atoms with Crippen LogP contribution in [0.4, 0.5) is 5.69 Å². The lowest BCUT2D eigenvalue weighted by Crippen LogP contribution is -2.63. The number of nitrogens with zero attached hydrogens (tertiary/aromatic N) is 2. The Kier molecular flexibility index (Phi) is 5.71. The smallest absolute Gasteiger partial charge is 0.332 e. The molecule has 4 rings (SSSR count). The fourth-order valence-electron chi connectivity index (χ4n) is 4.31. The minimum Gasteiger partial charge on any atom is -0.463 e. The molecule has 1 spiro atoms. The van der Waals surface area contributed by atoms with Gasteiger partial charge in [-0.15, -0.1) is 0 Å². The zero-order valence-corrected chi connectivity index (χ0v) is 19.6. The highest BCUT2D eigenvalue weighted by Crippen LogP contribution is 2.57. The molecule has 168 valence electrons. The maximum atomic E-state index is 14.0. The molecule has 1 saturated heterocycles. The van der Waals surface area contributed by atoms with Crippen LogP contribution < -0.4 is 4.90 Å². The largest absolute Gasteiger partial charge is 0.463 e. The van der Waals surface area contributed by atoms with E-state index in [1.165, 1.54) is 6.08 Å². The van der Waals surface area contributed by atoms with Gasteiger partial charge in [0.25, 0.3) is 5.91 Å². The molecule has 2 aliphatic rings. The molecule has 1 fully saturated rings. The van der Waals surface area contributed by atoms with Crippen molar-refractivity contribution in [3.05, 3.63) is 77.5 Å². The van der Waals surface area contributed by atoms with Crippen molar-refractivity contribution < 1.29 is 18.5 Å². The number of carbonyl (C=O) groups is 2. The highest BCUT2D eigenvalue weighted by atomic mass is 32.2. The van der Waals surface area contributed by atoms with Crippen LogP contribution in [0.5, 0.6) is 0 Å². The first-order valence-electron chi connectivity index (χ1n) is 10.7. The SMILES string of the molecule is CCOC(=O)/C=C1\C[C@]2(C(=O)N(Cc3ccccc3)c3ccccc32)N1[S@](=O)C(C)(C)C. The first-order chi connectivity index (χ1) is 15.2. The molecule has 6 nitrogen and oxygen atoms in total. The predicted octanol–water partition coefficient (Wildman–Crippen LogP) is 4.04. The second-order valence-corrected chi connectivity index (χ2v) is 11.1. The topological polar surface area (TPSA) is 66.9 Å². The van der Waals surface area contributed by atoms with Crippen molar-refractivity contribution in [1.29, 1.82) is 0 Å². The van der Waals surface area contributed by atoms with Crippen molar-refractivity contribution in [2.24, 2.45) is 0 Å². The van der Waals surface area contributed by atoms with Gasteiger partial charge >= 0.3 is 5.97 Å². The average molecular weight is 453 g/mol. The molecular formula is C25H28N2O4S. The Labute approximate surface area is 191 Å². The van der Waals surface area contributed by atoms with E-state index in [2.05, 4.69) is 0 Å². The number of rotatable bonds is 5. The standard InChI is InChI=1S/C25H28N2O4S/c1-5-31-22(28)15-19-16-25(27(19)32(30)24(2,3)4)20-13-9-10-14-21(20)26(23(25)29)17-18-11-7-6-8-12-18/h6-15H,5,16-17H2,1-4H3/b19-15+/t25-,32+/m0/s1. The number of hydrogen-bond acceptors (Lipinski definition) is 4. The van der Waals surface area contributed by atoms with Gasteiger partial charge in [0.2, 0.25) is 0 Å². The summed E-state index contributed by atoms with van der Waals surface area (Å²) in [5.74, 6) is -0.616. The molecule has 0 unspecified atom stereocenters. The van der Waals surface area contributed by atoms with Crippen LogP contribution in [0.3, 0.4) is 0 Å². The summed E-state index contributed by atoms with van der Waals surface area (Å²) >= 11 is 0. The summed E-state index contributed by atoms with van der Waals surface area (Å²) in [4.78, 5) is 27.9. The summed E-state index contributed by atoms with van der Waals surface area (Å²) < 4.78 is 19.7. The number of esters is 1. The van der Waals surface area contributed by atoms with Crippen molar-refractivity contribution in [3.8, 4) is 0 Å². The van der Waals surface area contributed by atoms with Crippen LogP contribution in [0, 0.1) is 0 Å². The number of para-hydroxylation sites is 1. The molecule has 2 atom stereocenters. The summed E-state index contributed by atoms with van der Waals surface area (Å²) in [7, 11) is -1.55. The molecule has 0 aliphatic carbocycles. The van der Waals surface area contributed by atoms with Gasteiger partial charge in [-0.05, 0) is 39.3 Å². The predicted molar refractivity (Wildman–Crippen MR) is 125 cm³/mol. The zero-order chi connectivity index (χ0) is 23.1. The van der Waals surface area contributed by atoms with E-state index in [0.29, 0.717) is 18.7 Å². The van der Waals surface area contributed by atoms with Crippen LogP contribution in [0.15, 0.2) is 66.4 Å². The molecule has 2 aromatic rings. The van der Waals surface area contributed by atoms with Crippen LogP contribution in [0.2, 0.25) is 0 Å². The van der Waals surface area contributed by atoms with E-state index in [0.717, 1.165) is 16.8 Å². The summed E-state index contributed by atoms with van der Waals surface area (Å²) in [6, 6.07) is 17.5. The Bertz CT molecular complexity index is 1110. The van der Waals surface area contributed by atoms with E-state index in [1.54, 1.807) is 16.1 Å². The highest BCUT2D eigenvalue weighted by molar-refractivity contribution is 7.84. The fourth-order valence-corrected chi connectivity index (χ4v) is 5.71. The fraction of sp³-hybridized carbons (Fsp3) is 0.360. The maximum absolute atomic E-state index is 14.0. The van der Waals surface area contributed by atoms with Gasteiger partial charge in [-0.25, -0.2) is 9.00 Å². The number of benzene rings is 2. The second kappa shape index (κ2) is 8.20. The first-order valence-corrected chi connectivity index (χ1v) is 11.9. The number of anilines is 1. The van der Waals surface area contributed by atoms with Gasteiger partial charge in [0.05, 0.1) is 23.6 Å². The van der Waals surface area contributed by atoms with Crippen molar-refractivity contribution in [3.63, 3.8) is 0 Å². The highest BCUT2D eigenvalue weighted by Gasteiger charge is 2.64. The van der Waals surface area contributed by atoms with Crippen molar-refractivity contribution in [2.75, 3.05) is 11.5 Å². The Balaban J connectivity index is 1.80. The number of hydrogen-bond donors (Lipinski definition) is 0. The molecule has 7 heteroatoms. The lowest BCUT2D eigenvalue weighted by molar-refractivity contribution is -0.138. The molecule has 0 saturated carbocycles. The van der Waals surface area contributed by atoms with Gasteiger partial charge in [-0.1, -0.05) is 48.5 Å². The quantitative estimate of drug-likeness (QED) is 0.507. The number of ether oxygens (including phenoxy) is 1. The van der Waals surface area contributed by atoms with Crippen molar-refractivity contribution >= 4 is 28.5 Å². The van der Waals surface area contributed by atoms with Crippen LogP contribution in [0.25, 0.3) is 0 Å². The number of amides is 1. The first kappa shape index (κ1) is 22.3. The third-order valence-corrected chi connectivity index (χ3v) is 7.65. The Hall–Kier alpha value is -2.93. The minimum absolute atomic E-state index is 0.124. The molecule has 0 radical (unpaired) electrons. The Morgan fingerprint density at radius 3 is 2.44 bits per heavy atom. The van der Waals surface area contributed by atoms with Gasteiger partial charge in [0.1, 0.15) is 11.0 Å². The van der Waals surface area contributed by atoms with Crippen LogP contribution >= 0.6 is 0 Å². The second-order valence-electron chi connectivity index (χ2n) is 8.97. The van der Waals surface area contributed by atoms with Gasteiger partial charge in [0, 0.05) is 23.8 Å². The van der Waals surface area contributed by atoms with E-state index < -0.39 is 27.2 Å². The molecule has 32 heavy (non-hydrogen) atoms. The maximum Gasteiger partial charge on any atom is 0.332 e. The number of carbonyl (C=O) groups excluding carboxylic acids is 2. The lowest BCUT2D eigenvalue weighted by Gasteiger charge is -2.52. The third-order valence-electron chi connectivity index (χ3n) is 5.73. The summed E-state index contributed by atoms with van der Waals surface area (Å²) in [5, 5.41) is 0. The van der Waals surface area contributed by atoms with Crippen LogP contribution in [0.1, 0.15) is 45.2 Å². The van der Waals surface area contributed by atoms with E-state index in [1.807, 2.05) is 75.4 Å². The van der Waals surface area contributed by atoms with Gasteiger partial charge in [-0.2, -0.15) is 0 Å². The monoisotopic (exact) mass is 452 g/mol.